The lowest BCUT2D eigenvalue weighted by Crippen LogP contribution is -2.36. The number of carbonyl (C=O) groups is 2. The monoisotopic (exact) mass is 290 g/mol. The van der Waals surface area contributed by atoms with Gasteiger partial charge in [-0.05, 0) is 44.0 Å². The molecule has 0 spiro atoms. The van der Waals surface area contributed by atoms with Crippen molar-refractivity contribution in [1.82, 2.24) is 0 Å². The molecule has 2 rings (SSSR count). The lowest BCUT2D eigenvalue weighted by molar-refractivity contribution is -0.146. The summed E-state index contributed by atoms with van der Waals surface area (Å²) >= 11 is 0. The van der Waals surface area contributed by atoms with Crippen LogP contribution in [0.1, 0.15) is 30.1 Å². The zero-order chi connectivity index (χ0) is 15.4. The number of methoxy groups -OCH3 is 1. The fourth-order valence-corrected chi connectivity index (χ4v) is 2.64. The van der Waals surface area contributed by atoms with Crippen LogP contribution in [0.3, 0.4) is 0 Å². The number of rotatable bonds is 4. The summed E-state index contributed by atoms with van der Waals surface area (Å²) in [5.74, 6) is -0.163. The van der Waals surface area contributed by atoms with Crippen molar-refractivity contribution < 1.29 is 14.3 Å². The van der Waals surface area contributed by atoms with Gasteiger partial charge in [-0.3, -0.25) is 9.59 Å². The van der Waals surface area contributed by atoms with Gasteiger partial charge in [-0.2, -0.15) is 0 Å². The van der Waals surface area contributed by atoms with E-state index in [0.29, 0.717) is 5.56 Å². The van der Waals surface area contributed by atoms with Crippen LogP contribution in [0.25, 0.3) is 0 Å². The van der Waals surface area contributed by atoms with Crippen molar-refractivity contribution in [1.29, 1.82) is 0 Å². The van der Waals surface area contributed by atoms with E-state index in [0.717, 1.165) is 31.6 Å². The van der Waals surface area contributed by atoms with E-state index in [-0.39, 0.29) is 17.7 Å². The van der Waals surface area contributed by atoms with Crippen LogP contribution in [0.5, 0.6) is 0 Å². The van der Waals surface area contributed by atoms with Crippen molar-refractivity contribution in [3.63, 3.8) is 0 Å². The van der Waals surface area contributed by atoms with Gasteiger partial charge in [0.05, 0.1) is 19.1 Å². The van der Waals surface area contributed by atoms with Gasteiger partial charge in [0.15, 0.2) is 5.78 Å². The molecule has 1 saturated heterocycles. The Hall–Kier alpha value is -1.88. The Labute approximate surface area is 125 Å². The van der Waals surface area contributed by atoms with Gasteiger partial charge < -0.3 is 15.4 Å². The van der Waals surface area contributed by atoms with Crippen LogP contribution in [0.4, 0.5) is 5.69 Å². The molecular weight excluding hydrogens is 268 g/mol. The van der Waals surface area contributed by atoms with Crippen molar-refractivity contribution in [3.8, 4) is 0 Å². The van der Waals surface area contributed by atoms with Crippen LogP contribution in [-0.2, 0) is 9.53 Å². The maximum atomic E-state index is 11.8. The van der Waals surface area contributed by atoms with Crippen LogP contribution in [0.2, 0.25) is 0 Å². The van der Waals surface area contributed by atoms with Crippen LogP contribution in [-0.4, -0.2) is 38.0 Å². The number of nitrogens with two attached hydrogens (primary N) is 1. The van der Waals surface area contributed by atoms with Gasteiger partial charge in [0.2, 0.25) is 0 Å². The summed E-state index contributed by atoms with van der Waals surface area (Å²) in [6.45, 7) is 3.33. The molecule has 0 aliphatic carbocycles. The number of carbonyl (C=O) groups excluding carboxylic acids is 2. The number of anilines is 1. The standard InChI is InChI=1S/C16H22N2O3/c1-11(17)15(19)12-3-5-14(6-4-12)18-9-7-13(8-10-18)16(20)21-2/h3-6,11,13H,7-10,17H2,1-2H3. The highest BCUT2D eigenvalue weighted by Crippen LogP contribution is 2.24. The molecule has 1 heterocycles. The molecule has 1 aliphatic rings. The highest BCUT2D eigenvalue weighted by Gasteiger charge is 2.25. The highest BCUT2D eigenvalue weighted by molar-refractivity contribution is 5.99. The van der Waals surface area contributed by atoms with Crippen LogP contribution in [0, 0.1) is 5.92 Å². The van der Waals surface area contributed by atoms with Crippen molar-refractivity contribution in [3.05, 3.63) is 29.8 Å². The Bertz CT molecular complexity index is 503. The van der Waals surface area contributed by atoms with Crippen LogP contribution in [0.15, 0.2) is 24.3 Å². The molecule has 0 radical (unpaired) electrons. The van der Waals surface area contributed by atoms with Crippen LogP contribution < -0.4 is 10.6 Å². The summed E-state index contributed by atoms with van der Waals surface area (Å²) in [7, 11) is 1.43. The first-order chi connectivity index (χ1) is 10.0. The van der Waals surface area contributed by atoms with Gasteiger partial charge in [-0.1, -0.05) is 0 Å². The first-order valence-corrected chi connectivity index (χ1v) is 7.25. The summed E-state index contributed by atoms with van der Waals surface area (Å²) in [4.78, 5) is 25.5. The molecule has 0 amide bonds. The predicted molar refractivity (Wildman–Crippen MR) is 81.4 cm³/mol. The van der Waals surface area contributed by atoms with Crippen LogP contribution >= 0.6 is 0 Å². The van der Waals surface area contributed by atoms with E-state index in [1.54, 1.807) is 6.92 Å². The lowest BCUT2D eigenvalue weighted by Gasteiger charge is -2.32. The van der Waals surface area contributed by atoms with Crippen molar-refractivity contribution in [2.75, 3.05) is 25.1 Å². The lowest BCUT2D eigenvalue weighted by atomic mass is 9.96. The first kappa shape index (κ1) is 15.5. The van der Waals surface area contributed by atoms with Crippen molar-refractivity contribution in [2.45, 2.75) is 25.8 Å². The number of nitrogens with zero attached hydrogens (tertiary/aromatic N) is 1. The summed E-state index contributed by atoms with van der Waals surface area (Å²) in [5.41, 5.74) is 7.31. The first-order valence-electron chi connectivity index (χ1n) is 7.25. The molecule has 114 valence electrons. The van der Waals surface area contributed by atoms with E-state index in [9.17, 15) is 9.59 Å². The van der Waals surface area contributed by atoms with Gasteiger partial charge in [0.1, 0.15) is 0 Å². The van der Waals surface area contributed by atoms with E-state index >= 15 is 0 Å². The van der Waals surface area contributed by atoms with Crippen molar-refractivity contribution >= 4 is 17.4 Å². The second-order valence-electron chi connectivity index (χ2n) is 5.48. The van der Waals surface area contributed by atoms with E-state index in [2.05, 4.69) is 4.90 Å². The van der Waals surface area contributed by atoms with Gasteiger partial charge in [-0.15, -0.1) is 0 Å². The number of ether oxygens (including phenoxy) is 1. The molecule has 1 aromatic carbocycles. The Morgan fingerprint density at radius 3 is 2.29 bits per heavy atom. The molecule has 21 heavy (non-hydrogen) atoms. The van der Waals surface area contributed by atoms with E-state index < -0.39 is 6.04 Å². The number of esters is 1. The van der Waals surface area contributed by atoms with E-state index in [1.165, 1.54) is 7.11 Å². The maximum absolute atomic E-state index is 11.8. The molecular formula is C16H22N2O3. The molecule has 2 N–H and O–H groups in total. The highest BCUT2D eigenvalue weighted by atomic mass is 16.5. The van der Waals surface area contributed by atoms with Gasteiger partial charge in [0, 0.05) is 24.3 Å². The SMILES string of the molecule is COC(=O)C1CCN(c2ccc(C(=O)C(C)N)cc2)CC1. The van der Waals surface area contributed by atoms with Gasteiger partial charge in [0.25, 0.3) is 0 Å². The zero-order valence-corrected chi connectivity index (χ0v) is 12.5. The number of hydrogen-bond acceptors (Lipinski definition) is 5. The largest absolute Gasteiger partial charge is 0.469 e. The van der Waals surface area contributed by atoms with Gasteiger partial charge in [-0.25, -0.2) is 0 Å². The second kappa shape index (κ2) is 6.72. The Morgan fingerprint density at radius 2 is 1.81 bits per heavy atom. The molecule has 0 saturated carbocycles. The Morgan fingerprint density at radius 1 is 1.24 bits per heavy atom. The quantitative estimate of drug-likeness (QED) is 0.673. The molecule has 1 fully saturated rings. The Balaban J connectivity index is 1.98. The third-order valence-corrected chi connectivity index (χ3v) is 3.96. The zero-order valence-electron chi connectivity index (χ0n) is 12.5. The average Bonchev–Trinajstić information content (AvgIpc) is 2.53. The molecule has 1 aromatic rings. The average molecular weight is 290 g/mol. The predicted octanol–water partition coefficient (Wildman–Crippen LogP) is 1.61. The molecule has 0 aromatic heterocycles. The number of benzene rings is 1. The second-order valence-corrected chi connectivity index (χ2v) is 5.48. The van der Waals surface area contributed by atoms with E-state index in [4.69, 9.17) is 10.5 Å². The summed E-state index contributed by atoms with van der Waals surface area (Å²) in [6, 6.07) is 7.02. The maximum Gasteiger partial charge on any atom is 0.308 e. The fraction of sp³-hybridized carbons (Fsp3) is 0.500. The molecule has 1 unspecified atom stereocenters. The number of Topliss-reactive ketones (excluding diaryl/α,β-unsaturated/α-hetero) is 1. The number of piperidine rings is 1. The summed E-state index contributed by atoms with van der Waals surface area (Å²) in [5, 5.41) is 0. The van der Waals surface area contributed by atoms with Crippen molar-refractivity contribution in [2.24, 2.45) is 11.7 Å². The molecule has 0 bridgehead atoms. The number of ketones is 1. The molecule has 5 heteroatoms. The minimum atomic E-state index is -0.480. The van der Waals surface area contributed by atoms with E-state index in [1.807, 2.05) is 24.3 Å². The normalized spacial score (nSPS) is 17.4. The Kier molecular flexibility index (Phi) is 4.96. The molecule has 1 atom stereocenters. The minimum Gasteiger partial charge on any atom is -0.469 e. The third-order valence-electron chi connectivity index (χ3n) is 3.96. The minimum absolute atomic E-state index is 0.00481. The topological polar surface area (TPSA) is 72.6 Å². The molecule has 5 nitrogen and oxygen atoms in total. The molecule has 1 aliphatic heterocycles. The fourth-order valence-electron chi connectivity index (χ4n) is 2.64. The summed E-state index contributed by atoms with van der Waals surface area (Å²) in [6.07, 6.45) is 1.60. The number of hydrogen-bond donors (Lipinski definition) is 1. The third kappa shape index (κ3) is 3.61. The smallest absolute Gasteiger partial charge is 0.308 e. The van der Waals surface area contributed by atoms with Gasteiger partial charge >= 0.3 is 5.97 Å². The summed E-state index contributed by atoms with van der Waals surface area (Å²) < 4.78 is 4.79.